The summed E-state index contributed by atoms with van der Waals surface area (Å²) in [6.45, 7) is 3.99. The van der Waals surface area contributed by atoms with Gasteiger partial charge in [-0.25, -0.2) is 0 Å². The van der Waals surface area contributed by atoms with Crippen molar-refractivity contribution in [3.8, 4) is 5.75 Å². The molecule has 0 unspecified atom stereocenters. The second-order valence-corrected chi connectivity index (χ2v) is 5.99. The second-order valence-electron chi connectivity index (χ2n) is 5.99. The molecule has 22 heavy (non-hydrogen) atoms. The van der Waals surface area contributed by atoms with Gasteiger partial charge in [-0.15, -0.1) is 0 Å². The van der Waals surface area contributed by atoms with E-state index < -0.39 is 0 Å². The minimum absolute atomic E-state index is 0.521. The average Bonchev–Trinajstić information content (AvgIpc) is 2.52. The van der Waals surface area contributed by atoms with Gasteiger partial charge in [-0.2, -0.15) is 0 Å². The average molecular weight is 295 g/mol. The summed E-state index contributed by atoms with van der Waals surface area (Å²) < 4.78 is 5.84. The van der Waals surface area contributed by atoms with E-state index in [1.807, 2.05) is 30.3 Å². The molecule has 116 valence electrons. The minimum Gasteiger partial charge on any atom is -0.493 e. The number of rotatable bonds is 7. The first-order valence-corrected chi connectivity index (χ1v) is 7.74. The van der Waals surface area contributed by atoms with Crippen molar-refractivity contribution in [2.24, 2.45) is 5.92 Å². The zero-order valence-corrected chi connectivity index (χ0v) is 13.7. The molecule has 2 aromatic rings. The van der Waals surface area contributed by atoms with Gasteiger partial charge in [0.15, 0.2) is 0 Å². The Morgan fingerprint density at radius 1 is 0.909 bits per heavy atom. The van der Waals surface area contributed by atoms with E-state index in [2.05, 4.69) is 62.3 Å². The van der Waals surface area contributed by atoms with Gasteiger partial charge in [0.05, 0.1) is 6.61 Å². The molecule has 2 heteroatoms. The molecule has 0 aliphatic heterocycles. The molecule has 0 aliphatic carbocycles. The molecule has 2 aromatic carbocycles. The molecule has 2 rings (SSSR count). The van der Waals surface area contributed by atoms with Gasteiger partial charge in [-0.05, 0) is 37.4 Å². The van der Waals surface area contributed by atoms with E-state index in [-0.39, 0.29) is 0 Å². The predicted octanol–water partition coefficient (Wildman–Crippen LogP) is 4.43. The highest BCUT2D eigenvalue weighted by Gasteiger charge is 2.04. The van der Waals surface area contributed by atoms with Crippen molar-refractivity contribution in [1.29, 1.82) is 0 Å². The highest BCUT2D eigenvalue weighted by atomic mass is 16.5. The number of hydrogen-bond acceptors (Lipinski definition) is 2. The first kappa shape index (κ1) is 16.3. The lowest BCUT2D eigenvalue weighted by molar-refractivity contribution is 0.222. The standard InChI is InChI=1S/C20H25NO/c1-17(15-21(2)3)16-22-20-13-11-19(12-14-20)10-9-18-7-5-4-6-8-18/h4-14,17H,15-16H2,1-3H3/b10-9+/t17-/m1/s1. The van der Waals surface area contributed by atoms with Gasteiger partial charge in [0, 0.05) is 12.5 Å². The summed E-state index contributed by atoms with van der Waals surface area (Å²) in [4.78, 5) is 2.19. The lowest BCUT2D eigenvalue weighted by Gasteiger charge is -2.17. The van der Waals surface area contributed by atoms with E-state index in [0.29, 0.717) is 5.92 Å². The molecule has 0 saturated heterocycles. The Bertz CT molecular complexity index is 572. The van der Waals surface area contributed by atoms with E-state index in [0.717, 1.165) is 18.9 Å². The molecule has 0 amide bonds. The van der Waals surface area contributed by atoms with Crippen LogP contribution in [0, 0.1) is 5.92 Å². The van der Waals surface area contributed by atoms with Crippen LogP contribution < -0.4 is 4.74 Å². The Morgan fingerprint density at radius 2 is 1.50 bits per heavy atom. The number of nitrogens with zero attached hydrogens (tertiary/aromatic N) is 1. The zero-order valence-electron chi connectivity index (χ0n) is 13.7. The maximum Gasteiger partial charge on any atom is 0.119 e. The van der Waals surface area contributed by atoms with Gasteiger partial charge in [0.25, 0.3) is 0 Å². The lowest BCUT2D eigenvalue weighted by Crippen LogP contribution is -2.24. The third-order valence-corrected chi connectivity index (χ3v) is 3.36. The summed E-state index contributed by atoms with van der Waals surface area (Å²) >= 11 is 0. The summed E-state index contributed by atoms with van der Waals surface area (Å²) in [7, 11) is 4.18. The first-order chi connectivity index (χ1) is 10.6. The summed E-state index contributed by atoms with van der Waals surface area (Å²) in [5.41, 5.74) is 2.39. The van der Waals surface area contributed by atoms with E-state index in [4.69, 9.17) is 4.74 Å². The molecule has 0 aliphatic rings. The number of benzene rings is 2. The fourth-order valence-corrected chi connectivity index (χ4v) is 2.35. The smallest absolute Gasteiger partial charge is 0.119 e. The molecule has 0 saturated carbocycles. The first-order valence-electron chi connectivity index (χ1n) is 7.74. The Hall–Kier alpha value is -2.06. The summed E-state index contributed by atoms with van der Waals surface area (Å²) in [6, 6.07) is 18.6. The van der Waals surface area contributed by atoms with Crippen molar-refractivity contribution in [1.82, 2.24) is 4.90 Å². The molecule has 0 fully saturated rings. The van der Waals surface area contributed by atoms with Crippen LogP contribution in [-0.4, -0.2) is 32.1 Å². The van der Waals surface area contributed by atoms with Crippen LogP contribution in [-0.2, 0) is 0 Å². The lowest BCUT2D eigenvalue weighted by atomic mass is 10.1. The Kier molecular flexibility index (Phi) is 6.23. The Morgan fingerprint density at radius 3 is 2.09 bits per heavy atom. The van der Waals surface area contributed by atoms with Crippen LogP contribution in [0.5, 0.6) is 5.75 Å². The van der Waals surface area contributed by atoms with Crippen LogP contribution in [0.1, 0.15) is 18.1 Å². The van der Waals surface area contributed by atoms with Crippen LogP contribution >= 0.6 is 0 Å². The summed E-state index contributed by atoms with van der Waals surface area (Å²) in [5.74, 6) is 1.45. The van der Waals surface area contributed by atoms with Crippen LogP contribution in [0.15, 0.2) is 54.6 Å². The monoisotopic (exact) mass is 295 g/mol. The van der Waals surface area contributed by atoms with E-state index in [1.54, 1.807) is 0 Å². The highest BCUT2D eigenvalue weighted by molar-refractivity contribution is 5.69. The molecule has 0 spiro atoms. The second kappa shape index (κ2) is 8.40. The largest absolute Gasteiger partial charge is 0.493 e. The fourth-order valence-electron chi connectivity index (χ4n) is 2.35. The summed E-state index contributed by atoms with van der Waals surface area (Å²) in [5, 5.41) is 0. The van der Waals surface area contributed by atoms with Gasteiger partial charge in [0.1, 0.15) is 5.75 Å². The summed E-state index contributed by atoms with van der Waals surface area (Å²) in [6.07, 6.45) is 4.24. The van der Waals surface area contributed by atoms with Crippen molar-refractivity contribution in [3.05, 3.63) is 65.7 Å². The van der Waals surface area contributed by atoms with Crippen LogP contribution in [0.2, 0.25) is 0 Å². The molecule has 0 bridgehead atoms. The molecular formula is C20H25NO. The van der Waals surface area contributed by atoms with Gasteiger partial charge >= 0.3 is 0 Å². The number of hydrogen-bond donors (Lipinski definition) is 0. The molecular weight excluding hydrogens is 270 g/mol. The van der Waals surface area contributed by atoms with Gasteiger partial charge in [0.2, 0.25) is 0 Å². The van der Waals surface area contributed by atoms with Gasteiger partial charge in [-0.1, -0.05) is 61.5 Å². The SMILES string of the molecule is C[C@@H](COc1ccc(/C=C/c2ccccc2)cc1)CN(C)C. The predicted molar refractivity (Wildman–Crippen MR) is 95.0 cm³/mol. The Balaban J connectivity index is 1.86. The molecule has 0 N–H and O–H groups in total. The van der Waals surface area contributed by atoms with Crippen molar-refractivity contribution >= 4 is 12.2 Å². The van der Waals surface area contributed by atoms with E-state index in [1.165, 1.54) is 11.1 Å². The molecule has 0 heterocycles. The molecule has 2 nitrogen and oxygen atoms in total. The topological polar surface area (TPSA) is 12.5 Å². The van der Waals surface area contributed by atoms with Crippen molar-refractivity contribution < 1.29 is 4.74 Å². The van der Waals surface area contributed by atoms with Crippen molar-refractivity contribution in [2.45, 2.75) is 6.92 Å². The van der Waals surface area contributed by atoms with Crippen LogP contribution in [0.4, 0.5) is 0 Å². The van der Waals surface area contributed by atoms with Crippen LogP contribution in [0.3, 0.4) is 0 Å². The van der Waals surface area contributed by atoms with Crippen molar-refractivity contribution in [2.75, 3.05) is 27.2 Å². The molecule has 1 atom stereocenters. The molecule has 0 radical (unpaired) electrons. The van der Waals surface area contributed by atoms with Crippen LogP contribution in [0.25, 0.3) is 12.2 Å². The molecule has 0 aromatic heterocycles. The maximum atomic E-state index is 5.84. The van der Waals surface area contributed by atoms with E-state index in [9.17, 15) is 0 Å². The minimum atomic E-state index is 0.521. The van der Waals surface area contributed by atoms with Gasteiger partial charge < -0.3 is 9.64 Å². The third kappa shape index (κ3) is 5.74. The van der Waals surface area contributed by atoms with Gasteiger partial charge in [-0.3, -0.25) is 0 Å². The quantitative estimate of drug-likeness (QED) is 0.700. The zero-order chi connectivity index (χ0) is 15.8. The highest BCUT2D eigenvalue weighted by Crippen LogP contribution is 2.15. The maximum absolute atomic E-state index is 5.84. The number of ether oxygens (including phenoxy) is 1. The fraction of sp³-hybridized carbons (Fsp3) is 0.300. The van der Waals surface area contributed by atoms with E-state index >= 15 is 0 Å². The normalized spacial score (nSPS) is 12.7. The Labute approximate surface area is 134 Å². The third-order valence-electron chi connectivity index (χ3n) is 3.36. The van der Waals surface area contributed by atoms with Crippen molar-refractivity contribution in [3.63, 3.8) is 0 Å².